The Morgan fingerprint density at radius 2 is 2.25 bits per heavy atom. The first-order valence-electron chi connectivity index (χ1n) is 4.75. The lowest BCUT2D eigenvalue weighted by molar-refractivity contribution is 0.600. The van der Waals surface area contributed by atoms with Gasteiger partial charge in [-0.15, -0.1) is 0 Å². The third-order valence-electron chi connectivity index (χ3n) is 2.39. The van der Waals surface area contributed by atoms with Gasteiger partial charge in [0.1, 0.15) is 23.5 Å². The third kappa shape index (κ3) is 1.51. The fraction of sp³-hybridized carbons (Fsp3) is 0.0769. The molecule has 0 aliphatic rings. The second kappa shape index (κ2) is 3.67. The van der Waals surface area contributed by atoms with E-state index in [4.69, 9.17) is 9.68 Å². The van der Waals surface area contributed by atoms with Gasteiger partial charge in [0.2, 0.25) is 5.43 Å². The summed E-state index contributed by atoms with van der Waals surface area (Å²) in [5.74, 6) is 0. The van der Waals surface area contributed by atoms with Crippen molar-refractivity contribution >= 4 is 16.5 Å². The lowest BCUT2D eigenvalue weighted by Crippen LogP contribution is -2.05. The van der Waals surface area contributed by atoms with E-state index in [0.29, 0.717) is 11.0 Å². The number of fused-ring (bicyclic) bond motifs is 1. The molecule has 0 saturated carbocycles. The van der Waals surface area contributed by atoms with Crippen molar-refractivity contribution in [2.45, 2.75) is 6.92 Å². The predicted molar refractivity (Wildman–Crippen MR) is 61.9 cm³/mol. The molecule has 0 unspecified atom stereocenters. The SMILES string of the molecule is C=C(C)c1ccc2occ(C#N)c(=O)c2c1. The van der Waals surface area contributed by atoms with Gasteiger partial charge in [-0.25, -0.2) is 0 Å². The molecular weight excluding hydrogens is 202 g/mol. The van der Waals surface area contributed by atoms with Gasteiger partial charge in [0.25, 0.3) is 0 Å². The van der Waals surface area contributed by atoms with Gasteiger partial charge in [-0.1, -0.05) is 18.2 Å². The van der Waals surface area contributed by atoms with E-state index in [1.807, 2.05) is 19.1 Å². The zero-order valence-electron chi connectivity index (χ0n) is 8.78. The second-order valence-electron chi connectivity index (χ2n) is 3.58. The molecule has 0 saturated heterocycles. The lowest BCUT2D eigenvalue weighted by atomic mass is 10.1. The average molecular weight is 211 g/mol. The molecule has 16 heavy (non-hydrogen) atoms. The van der Waals surface area contributed by atoms with E-state index in [9.17, 15) is 4.79 Å². The highest BCUT2D eigenvalue weighted by Gasteiger charge is 2.07. The highest BCUT2D eigenvalue weighted by atomic mass is 16.3. The first-order valence-corrected chi connectivity index (χ1v) is 4.75. The Kier molecular flexibility index (Phi) is 2.34. The van der Waals surface area contributed by atoms with E-state index in [-0.39, 0.29) is 11.0 Å². The van der Waals surface area contributed by atoms with Crippen molar-refractivity contribution in [1.29, 1.82) is 5.26 Å². The molecule has 0 fully saturated rings. The molecule has 0 spiro atoms. The summed E-state index contributed by atoms with van der Waals surface area (Å²) >= 11 is 0. The van der Waals surface area contributed by atoms with Crippen LogP contribution >= 0.6 is 0 Å². The summed E-state index contributed by atoms with van der Waals surface area (Å²) in [5, 5.41) is 9.15. The Hall–Kier alpha value is -2.34. The van der Waals surface area contributed by atoms with E-state index < -0.39 is 0 Å². The van der Waals surface area contributed by atoms with E-state index >= 15 is 0 Å². The summed E-state index contributed by atoms with van der Waals surface area (Å²) in [6.07, 6.45) is 1.19. The van der Waals surface area contributed by atoms with Crippen LogP contribution in [0.5, 0.6) is 0 Å². The molecular formula is C13H9NO2. The molecule has 0 N–H and O–H groups in total. The van der Waals surface area contributed by atoms with Crippen molar-refractivity contribution < 1.29 is 4.42 Å². The Morgan fingerprint density at radius 1 is 1.50 bits per heavy atom. The number of allylic oxidation sites excluding steroid dienone is 1. The lowest BCUT2D eigenvalue weighted by Gasteiger charge is -2.01. The standard InChI is InChI=1S/C13H9NO2/c1-8(2)9-3-4-12-11(5-9)13(15)10(6-14)7-16-12/h3-5,7H,1H2,2H3. The van der Waals surface area contributed by atoms with Gasteiger partial charge < -0.3 is 4.42 Å². The normalized spacial score (nSPS) is 10.0. The Labute approximate surface area is 92.2 Å². The van der Waals surface area contributed by atoms with Gasteiger partial charge in [0.05, 0.1) is 5.39 Å². The molecule has 0 aliphatic heterocycles. The number of nitrogens with zero attached hydrogens (tertiary/aromatic N) is 1. The summed E-state index contributed by atoms with van der Waals surface area (Å²) in [5.41, 5.74) is 1.94. The monoisotopic (exact) mass is 211 g/mol. The molecule has 3 heteroatoms. The number of hydrogen-bond acceptors (Lipinski definition) is 3. The van der Waals surface area contributed by atoms with Crippen molar-refractivity contribution in [2.24, 2.45) is 0 Å². The minimum Gasteiger partial charge on any atom is -0.463 e. The summed E-state index contributed by atoms with van der Waals surface area (Å²) in [6.45, 7) is 5.66. The van der Waals surface area contributed by atoms with Crippen molar-refractivity contribution in [3.05, 3.63) is 52.4 Å². The van der Waals surface area contributed by atoms with Crippen LogP contribution in [0.1, 0.15) is 18.1 Å². The molecule has 1 heterocycles. The van der Waals surface area contributed by atoms with E-state index in [1.54, 1.807) is 12.1 Å². The third-order valence-corrected chi connectivity index (χ3v) is 2.39. The second-order valence-corrected chi connectivity index (χ2v) is 3.58. The first kappa shape index (κ1) is 10.2. The molecule has 2 aromatic rings. The molecule has 0 radical (unpaired) electrons. The maximum atomic E-state index is 11.8. The molecule has 0 aliphatic carbocycles. The van der Waals surface area contributed by atoms with Gasteiger partial charge >= 0.3 is 0 Å². The molecule has 0 bridgehead atoms. The van der Waals surface area contributed by atoms with Crippen molar-refractivity contribution in [1.82, 2.24) is 0 Å². The Bertz CT molecular complexity index is 674. The zero-order chi connectivity index (χ0) is 11.7. The first-order chi connectivity index (χ1) is 7.63. The van der Waals surface area contributed by atoms with Crippen LogP contribution in [-0.2, 0) is 0 Å². The smallest absolute Gasteiger partial charge is 0.210 e. The van der Waals surface area contributed by atoms with Crippen LogP contribution in [0.2, 0.25) is 0 Å². The molecule has 1 aromatic heterocycles. The summed E-state index contributed by atoms with van der Waals surface area (Å²) in [4.78, 5) is 11.8. The fourth-order valence-corrected chi connectivity index (χ4v) is 1.47. The molecule has 78 valence electrons. The Morgan fingerprint density at radius 3 is 2.88 bits per heavy atom. The van der Waals surface area contributed by atoms with E-state index in [0.717, 1.165) is 11.1 Å². The van der Waals surface area contributed by atoms with Gasteiger partial charge in [0.15, 0.2) is 0 Å². The topological polar surface area (TPSA) is 54.0 Å². The van der Waals surface area contributed by atoms with Crippen LogP contribution in [0.15, 0.2) is 40.3 Å². The number of benzene rings is 1. The van der Waals surface area contributed by atoms with Crippen LogP contribution in [-0.4, -0.2) is 0 Å². The molecule has 1 aromatic carbocycles. The van der Waals surface area contributed by atoms with Crippen LogP contribution in [0.4, 0.5) is 0 Å². The van der Waals surface area contributed by atoms with Crippen LogP contribution in [0, 0.1) is 11.3 Å². The number of hydrogen-bond donors (Lipinski definition) is 0. The molecule has 0 amide bonds. The predicted octanol–water partition coefficient (Wildman–Crippen LogP) is 2.70. The zero-order valence-corrected chi connectivity index (χ0v) is 8.78. The van der Waals surface area contributed by atoms with Crippen molar-refractivity contribution in [3.63, 3.8) is 0 Å². The fourth-order valence-electron chi connectivity index (χ4n) is 1.47. The summed E-state index contributed by atoms with van der Waals surface area (Å²) in [7, 11) is 0. The van der Waals surface area contributed by atoms with Crippen LogP contribution in [0.3, 0.4) is 0 Å². The quantitative estimate of drug-likeness (QED) is 0.728. The molecule has 3 nitrogen and oxygen atoms in total. The minimum absolute atomic E-state index is 0.0198. The minimum atomic E-state index is -0.299. The highest BCUT2D eigenvalue weighted by molar-refractivity contribution is 5.81. The van der Waals surface area contributed by atoms with E-state index in [2.05, 4.69) is 6.58 Å². The van der Waals surface area contributed by atoms with E-state index in [1.165, 1.54) is 6.26 Å². The summed E-state index contributed by atoms with van der Waals surface area (Å²) in [6, 6.07) is 7.05. The van der Waals surface area contributed by atoms with Gasteiger partial charge in [-0.3, -0.25) is 4.79 Å². The van der Waals surface area contributed by atoms with Gasteiger partial charge in [-0.05, 0) is 24.6 Å². The summed E-state index contributed by atoms with van der Waals surface area (Å²) < 4.78 is 5.20. The Balaban J connectivity index is 2.86. The van der Waals surface area contributed by atoms with Gasteiger partial charge in [0, 0.05) is 0 Å². The van der Waals surface area contributed by atoms with Gasteiger partial charge in [-0.2, -0.15) is 5.26 Å². The maximum absolute atomic E-state index is 11.8. The van der Waals surface area contributed by atoms with Crippen LogP contribution < -0.4 is 5.43 Å². The average Bonchev–Trinajstić information content (AvgIpc) is 2.29. The van der Waals surface area contributed by atoms with Crippen molar-refractivity contribution in [3.8, 4) is 6.07 Å². The highest BCUT2D eigenvalue weighted by Crippen LogP contribution is 2.18. The largest absolute Gasteiger partial charge is 0.463 e. The number of nitriles is 1. The molecule has 0 atom stereocenters. The van der Waals surface area contributed by atoms with Crippen molar-refractivity contribution in [2.75, 3.05) is 0 Å². The number of rotatable bonds is 1. The maximum Gasteiger partial charge on any atom is 0.210 e. The molecule has 2 rings (SSSR count). The van der Waals surface area contributed by atoms with Crippen LogP contribution in [0.25, 0.3) is 16.5 Å².